The van der Waals surface area contributed by atoms with Crippen LogP contribution in [0.4, 0.5) is 4.79 Å². The third-order valence-corrected chi connectivity index (χ3v) is 3.35. The highest BCUT2D eigenvalue weighted by atomic mass is 16.4. The number of aliphatic carboxylic acids is 1. The van der Waals surface area contributed by atoms with E-state index < -0.39 is 12.0 Å². The summed E-state index contributed by atoms with van der Waals surface area (Å²) >= 11 is 0. The number of amides is 3. The lowest BCUT2D eigenvalue weighted by atomic mass is 10.2. The second kappa shape index (κ2) is 8.49. The Balaban J connectivity index is 2.34. The van der Waals surface area contributed by atoms with Crippen molar-refractivity contribution >= 4 is 17.9 Å². The largest absolute Gasteiger partial charge is 0.481 e. The van der Waals surface area contributed by atoms with Crippen molar-refractivity contribution in [2.45, 2.75) is 58.0 Å². The first-order chi connectivity index (χ1) is 9.91. The van der Waals surface area contributed by atoms with E-state index in [1.165, 1.54) is 0 Å². The Hall–Kier alpha value is -1.79. The van der Waals surface area contributed by atoms with E-state index >= 15 is 0 Å². The number of nitrogens with one attached hydrogen (secondary N) is 2. The van der Waals surface area contributed by atoms with Gasteiger partial charge in [-0.1, -0.05) is 0 Å². The topological polar surface area (TPSA) is 98.7 Å². The number of unbranched alkanes of at least 4 members (excludes halogenated alkanes) is 1. The Morgan fingerprint density at radius 3 is 2.62 bits per heavy atom. The van der Waals surface area contributed by atoms with Gasteiger partial charge in [-0.15, -0.1) is 0 Å². The third kappa shape index (κ3) is 6.01. The van der Waals surface area contributed by atoms with Crippen LogP contribution in [0.1, 0.15) is 46.0 Å². The van der Waals surface area contributed by atoms with Gasteiger partial charge in [-0.25, -0.2) is 4.79 Å². The summed E-state index contributed by atoms with van der Waals surface area (Å²) in [6, 6.07) is -0.574. The van der Waals surface area contributed by atoms with E-state index in [9.17, 15) is 14.4 Å². The molecule has 1 aliphatic rings. The molecule has 1 aliphatic heterocycles. The summed E-state index contributed by atoms with van der Waals surface area (Å²) in [5.74, 6) is -0.976. The first-order valence-electron chi connectivity index (χ1n) is 7.48. The van der Waals surface area contributed by atoms with Crippen molar-refractivity contribution in [1.82, 2.24) is 15.5 Å². The monoisotopic (exact) mass is 299 g/mol. The highest BCUT2D eigenvalue weighted by Crippen LogP contribution is 2.17. The summed E-state index contributed by atoms with van der Waals surface area (Å²) in [6.07, 6.45) is 2.78. The molecule has 1 heterocycles. The molecule has 0 radical (unpaired) electrons. The number of carbonyl (C=O) groups excluding carboxylic acids is 2. The smallest absolute Gasteiger partial charge is 0.318 e. The van der Waals surface area contributed by atoms with Crippen molar-refractivity contribution < 1.29 is 19.5 Å². The fourth-order valence-corrected chi connectivity index (χ4v) is 2.34. The van der Waals surface area contributed by atoms with Gasteiger partial charge < -0.3 is 20.6 Å². The number of carboxylic acids is 1. The minimum Gasteiger partial charge on any atom is -0.481 e. The second-order valence-corrected chi connectivity index (χ2v) is 5.60. The van der Waals surface area contributed by atoms with Crippen LogP contribution in [0.25, 0.3) is 0 Å². The Morgan fingerprint density at radius 1 is 1.29 bits per heavy atom. The Bertz CT molecular complexity index is 384. The molecule has 0 spiro atoms. The standard InChI is InChI=1S/C14H25N3O4/c1-10(2)16-14(21)17-9-5-6-11(17)13(20)15-8-4-3-7-12(18)19/h10-11H,3-9H2,1-2H3,(H,15,20)(H,16,21)(H,18,19)/t11-/m0/s1. The number of hydrogen-bond acceptors (Lipinski definition) is 3. The van der Waals surface area contributed by atoms with Crippen LogP contribution in [0.3, 0.4) is 0 Å². The Labute approximate surface area is 125 Å². The zero-order chi connectivity index (χ0) is 15.8. The molecule has 3 amide bonds. The molecule has 0 aromatic carbocycles. The van der Waals surface area contributed by atoms with Crippen LogP contribution < -0.4 is 10.6 Å². The first kappa shape index (κ1) is 17.3. The molecule has 1 rings (SSSR count). The van der Waals surface area contributed by atoms with Gasteiger partial charge >= 0.3 is 12.0 Å². The molecule has 7 nitrogen and oxygen atoms in total. The van der Waals surface area contributed by atoms with E-state index in [0.717, 1.165) is 6.42 Å². The minimum atomic E-state index is -0.825. The maximum Gasteiger partial charge on any atom is 0.318 e. The summed E-state index contributed by atoms with van der Waals surface area (Å²) in [5, 5.41) is 14.1. The molecule has 21 heavy (non-hydrogen) atoms. The molecule has 7 heteroatoms. The van der Waals surface area contributed by atoms with Crippen molar-refractivity contribution in [1.29, 1.82) is 0 Å². The van der Waals surface area contributed by atoms with Crippen LogP contribution in [-0.4, -0.2) is 53.1 Å². The molecule has 3 N–H and O–H groups in total. The number of hydrogen-bond donors (Lipinski definition) is 3. The molecule has 0 aromatic rings. The van der Waals surface area contributed by atoms with Crippen LogP contribution in [0, 0.1) is 0 Å². The Morgan fingerprint density at radius 2 is 2.00 bits per heavy atom. The van der Waals surface area contributed by atoms with Gasteiger partial charge in [0.1, 0.15) is 6.04 Å². The summed E-state index contributed by atoms with van der Waals surface area (Å²) in [5.41, 5.74) is 0. The fourth-order valence-electron chi connectivity index (χ4n) is 2.34. The summed E-state index contributed by atoms with van der Waals surface area (Å²) in [6.45, 7) is 4.80. The van der Waals surface area contributed by atoms with Crippen LogP contribution in [0.2, 0.25) is 0 Å². The lowest BCUT2D eigenvalue weighted by Crippen LogP contribution is -2.50. The Kier molecular flexibility index (Phi) is 6.98. The van der Waals surface area contributed by atoms with Gasteiger partial charge in [0.25, 0.3) is 0 Å². The van der Waals surface area contributed by atoms with E-state index in [2.05, 4.69) is 10.6 Å². The molecule has 120 valence electrons. The normalized spacial score (nSPS) is 17.9. The van der Waals surface area contributed by atoms with Crippen LogP contribution in [0.5, 0.6) is 0 Å². The highest BCUT2D eigenvalue weighted by Gasteiger charge is 2.33. The highest BCUT2D eigenvalue weighted by molar-refractivity contribution is 5.87. The number of carboxylic acid groups (broad SMARTS) is 1. The van der Waals surface area contributed by atoms with Crippen molar-refractivity contribution in [2.75, 3.05) is 13.1 Å². The molecule has 0 bridgehead atoms. The molecule has 1 atom stereocenters. The van der Waals surface area contributed by atoms with E-state index in [-0.39, 0.29) is 24.4 Å². The predicted octanol–water partition coefficient (Wildman–Crippen LogP) is 0.940. The summed E-state index contributed by atoms with van der Waals surface area (Å²) < 4.78 is 0. The molecular weight excluding hydrogens is 274 g/mol. The van der Waals surface area contributed by atoms with Crippen LogP contribution in [0.15, 0.2) is 0 Å². The number of rotatable bonds is 7. The van der Waals surface area contributed by atoms with E-state index in [1.807, 2.05) is 13.8 Å². The number of likely N-dealkylation sites (tertiary alicyclic amines) is 1. The average Bonchev–Trinajstić information content (AvgIpc) is 2.86. The van der Waals surface area contributed by atoms with Crippen molar-refractivity contribution in [2.24, 2.45) is 0 Å². The fraction of sp³-hybridized carbons (Fsp3) is 0.786. The lowest BCUT2D eigenvalue weighted by molar-refractivity contribution is -0.137. The summed E-state index contributed by atoms with van der Waals surface area (Å²) in [4.78, 5) is 36.0. The van der Waals surface area contributed by atoms with E-state index in [0.29, 0.717) is 32.4 Å². The zero-order valence-electron chi connectivity index (χ0n) is 12.7. The van der Waals surface area contributed by atoms with Crippen LogP contribution in [-0.2, 0) is 9.59 Å². The van der Waals surface area contributed by atoms with Gasteiger partial charge in [-0.2, -0.15) is 0 Å². The molecule has 0 unspecified atom stereocenters. The average molecular weight is 299 g/mol. The molecule has 0 aromatic heterocycles. The molecule has 0 aliphatic carbocycles. The maximum atomic E-state index is 12.1. The van der Waals surface area contributed by atoms with Gasteiger partial charge in [0.05, 0.1) is 0 Å². The lowest BCUT2D eigenvalue weighted by Gasteiger charge is -2.25. The van der Waals surface area contributed by atoms with Gasteiger partial charge in [0.2, 0.25) is 5.91 Å². The molecule has 1 saturated heterocycles. The number of nitrogens with zero attached hydrogens (tertiary/aromatic N) is 1. The third-order valence-electron chi connectivity index (χ3n) is 3.35. The van der Waals surface area contributed by atoms with Gasteiger partial charge in [0.15, 0.2) is 0 Å². The van der Waals surface area contributed by atoms with Crippen molar-refractivity contribution in [3.05, 3.63) is 0 Å². The van der Waals surface area contributed by atoms with Gasteiger partial charge in [-0.3, -0.25) is 9.59 Å². The van der Waals surface area contributed by atoms with Gasteiger partial charge in [0, 0.05) is 25.6 Å². The van der Waals surface area contributed by atoms with E-state index in [4.69, 9.17) is 5.11 Å². The first-order valence-corrected chi connectivity index (χ1v) is 7.48. The predicted molar refractivity (Wildman–Crippen MR) is 77.9 cm³/mol. The molecule has 0 saturated carbocycles. The second-order valence-electron chi connectivity index (χ2n) is 5.60. The minimum absolute atomic E-state index is 0.0397. The number of carbonyl (C=O) groups is 3. The molecule has 1 fully saturated rings. The van der Waals surface area contributed by atoms with E-state index in [1.54, 1.807) is 4.90 Å². The van der Waals surface area contributed by atoms with Crippen LogP contribution >= 0.6 is 0 Å². The van der Waals surface area contributed by atoms with Crippen molar-refractivity contribution in [3.8, 4) is 0 Å². The zero-order valence-corrected chi connectivity index (χ0v) is 12.7. The quantitative estimate of drug-likeness (QED) is 0.609. The van der Waals surface area contributed by atoms with Crippen molar-refractivity contribution in [3.63, 3.8) is 0 Å². The summed E-state index contributed by atoms with van der Waals surface area (Å²) in [7, 11) is 0. The maximum absolute atomic E-state index is 12.1. The number of urea groups is 1. The molecular formula is C14H25N3O4. The van der Waals surface area contributed by atoms with Gasteiger partial charge in [-0.05, 0) is 39.5 Å². The SMILES string of the molecule is CC(C)NC(=O)N1CCC[C@H]1C(=O)NCCCCC(=O)O.